The van der Waals surface area contributed by atoms with Crippen LogP contribution in [-0.2, 0) is 6.42 Å². The van der Waals surface area contributed by atoms with Crippen LogP contribution in [0.4, 0.5) is 0 Å². The highest BCUT2D eigenvalue weighted by Gasteiger charge is 2.13. The van der Waals surface area contributed by atoms with Crippen molar-refractivity contribution in [3.63, 3.8) is 0 Å². The fraction of sp³-hybridized carbons (Fsp3) is 0.600. The van der Waals surface area contributed by atoms with E-state index in [0.29, 0.717) is 18.9 Å². The lowest BCUT2D eigenvalue weighted by Crippen LogP contribution is -2.34. The molecule has 0 saturated heterocycles. The van der Waals surface area contributed by atoms with Crippen molar-refractivity contribution in [1.82, 2.24) is 5.32 Å². The lowest BCUT2D eigenvalue weighted by Gasteiger charge is -2.18. The molecule has 0 saturated carbocycles. The monoisotopic (exact) mass is 249 g/mol. The summed E-state index contributed by atoms with van der Waals surface area (Å²) in [6.45, 7) is 7.04. The van der Waals surface area contributed by atoms with E-state index in [9.17, 15) is 0 Å². The first-order valence-electron chi connectivity index (χ1n) is 6.83. The molecule has 0 bridgehead atoms. The Labute approximate surface area is 109 Å². The molecule has 2 atom stereocenters. The van der Waals surface area contributed by atoms with Gasteiger partial charge in [-0.15, -0.1) is 0 Å². The molecule has 1 N–H and O–H groups in total. The second kappa shape index (κ2) is 6.10. The summed E-state index contributed by atoms with van der Waals surface area (Å²) in [6, 6.07) is 7.37. The van der Waals surface area contributed by atoms with Gasteiger partial charge in [0, 0.05) is 12.1 Å². The van der Waals surface area contributed by atoms with E-state index < -0.39 is 0 Å². The molecule has 1 aliphatic rings. The highest BCUT2D eigenvalue weighted by Crippen LogP contribution is 2.32. The number of rotatable bonds is 6. The van der Waals surface area contributed by atoms with E-state index in [-0.39, 0.29) is 0 Å². The second-order valence-electron chi connectivity index (χ2n) is 5.10. The highest BCUT2D eigenvalue weighted by molar-refractivity contribution is 5.44. The van der Waals surface area contributed by atoms with Gasteiger partial charge in [-0.2, -0.15) is 0 Å². The van der Waals surface area contributed by atoms with Crippen molar-refractivity contribution in [3.05, 3.63) is 23.8 Å². The molecule has 100 valence electrons. The molecule has 3 nitrogen and oxygen atoms in total. The minimum absolute atomic E-state index is 0.352. The van der Waals surface area contributed by atoms with E-state index in [1.165, 1.54) is 12.0 Å². The molecule has 18 heavy (non-hydrogen) atoms. The molecule has 1 aliphatic heterocycles. The van der Waals surface area contributed by atoms with E-state index in [2.05, 4.69) is 38.2 Å². The third kappa shape index (κ3) is 3.39. The maximum atomic E-state index is 5.39. The molecule has 0 radical (unpaired) electrons. The predicted molar refractivity (Wildman–Crippen MR) is 73.2 cm³/mol. The van der Waals surface area contributed by atoms with Crippen molar-refractivity contribution in [2.45, 2.75) is 52.1 Å². The van der Waals surface area contributed by atoms with Gasteiger partial charge in [-0.3, -0.25) is 0 Å². The van der Waals surface area contributed by atoms with Gasteiger partial charge in [-0.05, 0) is 50.8 Å². The molecule has 1 aromatic carbocycles. The zero-order valence-electron chi connectivity index (χ0n) is 11.5. The zero-order valence-corrected chi connectivity index (χ0v) is 11.5. The first-order valence-corrected chi connectivity index (χ1v) is 6.83. The number of nitrogens with one attached hydrogen (secondary N) is 1. The molecular formula is C15H23NO2. The van der Waals surface area contributed by atoms with E-state index in [1.807, 2.05) is 6.07 Å². The maximum absolute atomic E-state index is 5.39. The Kier molecular flexibility index (Phi) is 4.48. The topological polar surface area (TPSA) is 30.5 Å². The molecule has 0 aromatic heterocycles. The quantitative estimate of drug-likeness (QED) is 0.840. The van der Waals surface area contributed by atoms with E-state index >= 15 is 0 Å². The fourth-order valence-corrected chi connectivity index (χ4v) is 2.17. The van der Waals surface area contributed by atoms with Crippen LogP contribution in [0, 0.1) is 0 Å². The summed E-state index contributed by atoms with van der Waals surface area (Å²) < 4.78 is 10.7. The van der Waals surface area contributed by atoms with Crippen LogP contribution in [0.5, 0.6) is 11.5 Å². The van der Waals surface area contributed by atoms with Crippen LogP contribution < -0.4 is 14.8 Å². The molecule has 1 aromatic rings. The molecule has 0 fully saturated rings. The van der Waals surface area contributed by atoms with Crippen LogP contribution in [0.2, 0.25) is 0 Å². The third-order valence-electron chi connectivity index (χ3n) is 3.48. The van der Waals surface area contributed by atoms with Crippen LogP contribution in [0.25, 0.3) is 0 Å². The Morgan fingerprint density at radius 1 is 1.17 bits per heavy atom. The minimum Gasteiger partial charge on any atom is -0.454 e. The first-order chi connectivity index (χ1) is 8.69. The summed E-state index contributed by atoms with van der Waals surface area (Å²) in [4.78, 5) is 0. The Balaban J connectivity index is 1.83. The Bertz CT molecular complexity index is 392. The summed E-state index contributed by atoms with van der Waals surface area (Å²) >= 11 is 0. The highest BCUT2D eigenvalue weighted by atomic mass is 16.7. The zero-order chi connectivity index (χ0) is 13.0. The molecule has 1 heterocycles. The Morgan fingerprint density at radius 3 is 2.72 bits per heavy atom. The van der Waals surface area contributed by atoms with Crippen LogP contribution in [0.3, 0.4) is 0 Å². The average Bonchev–Trinajstić information content (AvgIpc) is 2.83. The summed E-state index contributed by atoms with van der Waals surface area (Å²) in [5.41, 5.74) is 1.32. The summed E-state index contributed by atoms with van der Waals surface area (Å²) in [7, 11) is 0. The molecule has 2 unspecified atom stereocenters. The lowest BCUT2D eigenvalue weighted by atomic mass is 10.0. The minimum atomic E-state index is 0.352. The van der Waals surface area contributed by atoms with E-state index in [0.717, 1.165) is 24.3 Å². The van der Waals surface area contributed by atoms with Crippen molar-refractivity contribution in [1.29, 1.82) is 0 Å². The SMILES string of the molecule is CCC(C)NC(C)CCc1ccc2c(c1)OCO2. The summed E-state index contributed by atoms with van der Waals surface area (Å²) in [5, 5.41) is 3.60. The second-order valence-corrected chi connectivity index (χ2v) is 5.10. The number of aryl methyl sites for hydroxylation is 1. The van der Waals surface area contributed by atoms with Gasteiger partial charge in [0.15, 0.2) is 11.5 Å². The number of fused-ring (bicyclic) bond motifs is 1. The lowest BCUT2D eigenvalue weighted by molar-refractivity contribution is 0.174. The Hall–Kier alpha value is -1.22. The van der Waals surface area contributed by atoms with Gasteiger partial charge in [0.2, 0.25) is 6.79 Å². The van der Waals surface area contributed by atoms with Crippen LogP contribution >= 0.6 is 0 Å². The standard InChI is InChI=1S/C15H23NO2/c1-4-11(2)16-12(3)5-6-13-7-8-14-15(9-13)18-10-17-14/h7-9,11-12,16H,4-6,10H2,1-3H3. The van der Waals surface area contributed by atoms with Gasteiger partial charge in [-0.25, -0.2) is 0 Å². The molecule has 0 aliphatic carbocycles. The molecule has 0 amide bonds. The van der Waals surface area contributed by atoms with Crippen molar-refractivity contribution in [2.24, 2.45) is 0 Å². The summed E-state index contributed by atoms with van der Waals surface area (Å²) in [6.07, 6.45) is 3.39. The van der Waals surface area contributed by atoms with Gasteiger partial charge >= 0.3 is 0 Å². The van der Waals surface area contributed by atoms with Crippen molar-refractivity contribution in [2.75, 3.05) is 6.79 Å². The van der Waals surface area contributed by atoms with E-state index in [1.54, 1.807) is 0 Å². The van der Waals surface area contributed by atoms with Gasteiger partial charge < -0.3 is 14.8 Å². The van der Waals surface area contributed by atoms with Crippen molar-refractivity contribution >= 4 is 0 Å². The van der Waals surface area contributed by atoms with Crippen molar-refractivity contribution < 1.29 is 9.47 Å². The van der Waals surface area contributed by atoms with Crippen LogP contribution in [0.1, 0.15) is 39.2 Å². The van der Waals surface area contributed by atoms with Gasteiger partial charge in [0.05, 0.1) is 0 Å². The smallest absolute Gasteiger partial charge is 0.231 e. The molecule has 2 rings (SSSR count). The van der Waals surface area contributed by atoms with Gasteiger partial charge in [0.25, 0.3) is 0 Å². The maximum Gasteiger partial charge on any atom is 0.231 e. The van der Waals surface area contributed by atoms with Gasteiger partial charge in [0.1, 0.15) is 0 Å². The summed E-state index contributed by atoms with van der Waals surface area (Å²) in [5.74, 6) is 1.75. The van der Waals surface area contributed by atoms with Crippen molar-refractivity contribution in [3.8, 4) is 11.5 Å². The Morgan fingerprint density at radius 2 is 1.94 bits per heavy atom. The van der Waals surface area contributed by atoms with E-state index in [4.69, 9.17) is 9.47 Å². The number of ether oxygens (including phenoxy) is 2. The van der Waals surface area contributed by atoms with Gasteiger partial charge in [-0.1, -0.05) is 13.0 Å². The van der Waals surface area contributed by atoms with Crippen LogP contribution in [-0.4, -0.2) is 18.9 Å². The molecular weight excluding hydrogens is 226 g/mol. The number of hydrogen-bond acceptors (Lipinski definition) is 3. The average molecular weight is 249 g/mol. The predicted octanol–water partition coefficient (Wildman–Crippen LogP) is 3.12. The van der Waals surface area contributed by atoms with Crippen LogP contribution in [0.15, 0.2) is 18.2 Å². The number of hydrogen-bond donors (Lipinski definition) is 1. The first kappa shape index (κ1) is 13.2. The molecule has 0 spiro atoms. The normalized spacial score (nSPS) is 16.6. The largest absolute Gasteiger partial charge is 0.454 e. The molecule has 3 heteroatoms. The fourth-order valence-electron chi connectivity index (χ4n) is 2.17. The third-order valence-corrected chi connectivity index (χ3v) is 3.48. The number of benzene rings is 1.